The standard InChI is InChI=1S/C25H24N2O7/c1-30-19-9-6-17(7-10-19)25(29)34-21-11-5-16(13-22(21)32-3)15-26-27-24(28)18-8-12-20(31-2)23(14-18)33-4/h5-15H,1-4H3,(H,27,28). The van der Waals surface area contributed by atoms with Gasteiger partial charge in [0.15, 0.2) is 23.0 Å². The van der Waals surface area contributed by atoms with Crippen LogP contribution < -0.4 is 29.1 Å². The van der Waals surface area contributed by atoms with E-state index in [1.54, 1.807) is 67.8 Å². The molecular formula is C25H24N2O7. The highest BCUT2D eigenvalue weighted by molar-refractivity contribution is 5.95. The molecule has 34 heavy (non-hydrogen) atoms. The molecule has 0 saturated carbocycles. The van der Waals surface area contributed by atoms with Gasteiger partial charge in [-0.15, -0.1) is 0 Å². The Balaban J connectivity index is 1.66. The third kappa shape index (κ3) is 5.83. The number of hydrazone groups is 1. The number of carbonyl (C=O) groups excluding carboxylic acids is 2. The van der Waals surface area contributed by atoms with Crippen LogP contribution in [0.2, 0.25) is 0 Å². The van der Waals surface area contributed by atoms with E-state index in [1.807, 2.05) is 0 Å². The van der Waals surface area contributed by atoms with Crippen LogP contribution in [0.25, 0.3) is 0 Å². The summed E-state index contributed by atoms with van der Waals surface area (Å²) < 4.78 is 26.2. The number of nitrogens with one attached hydrogen (secondary N) is 1. The lowest BCUT2D eigenvalue weighted by Gasteiger charge is -2.10. The first-order valence-corrected chi connectivity index (χ1v) is 10.1. The molecule has 0 aliphatic carbocycles. The maximum Gasteiger partial charge on any atom is 0.343 e. The van der Waals surface area contributed by atoms with Gasteiger partial charge in [-0.25, -0.2) is 10.2 Å². The van der Waals surface area contributed by atoms with Crippen molar-refractivity contribution in [3.05, 3.63) is 77.4 Å². The lowest BCUT2D eigenvalue weighted by Crippen LogP contribution is -2.17. The Bertz CT molecular complexity index is 1190. The molecule has 176 valence electrons. The number of nitrogens with zero attached hydrogens (tertiary/aromatic N) is 1. The summed E-state index contributed by atoms with van der Waals surface area (Å²) in [5.41, 5.74) is 3.79. The molecule has 0 aromatic heterocycles. The van der Waals surface area contributed by atoms with Crippen molar-refractivity contribution in [1.29, 1.82) is 0 Å². The molecule has 0 unspecified atom stereocenters. The van der Waals surface area contributed by atoms with Gasteiger partial charge < -0.3 is 23.7 Å². The van der Waals surface area contributed by atoms with E-state index in [1.165, 1.54) is 27.5 Å². The average Bonchev–Trinajstić information content (AvgIpc) is 2.88. The molecular weight excluding hydrogens is 440 g/mol. The Hall–Kier alpha value is -4.53. The summed E-state index contributed by atoms with van der Waals surface area (Å²) in [5, 5.41) is 3.97. The van der Waals surface area contributed by atoms with Crippen molar-refractivity contribution in [2.75, 3.05) is 28.4 Å². The van der Waals surface area contributed by atoms with Gasteiger partial charge in [0.05, 0.1) is 40.2 Å². The zero-order valence-corrected chi connectivity index (χ0v) is 19.2. The highest BCUT2D eigenvalue weighted by atomic mass is 16.6. The smallest absolute Gasteiger partial charge is 0.343 e. The van der Waals surface area contributed by atoms with Gasteiger partial charge in [0, 0.05) is 5.56 Å². The lowest BCUT2D eigenvalue weighted by atomic mass is 10.2. The van der Waals surface area contributed by atoms with Gasteiger partial charge in [0.2, 0.25) is 0 Å². The molecule has 0 saturated heterocycles. The van der Waals surface area contributed by atoms with Crippen molar-refractivity contribution >= 4 is 18.1 Å². The average molecular weight is 464 g/mol. The summed E-state index contributed by atoms with van der Waals surface area (Å²) >= 11 is 0. The van der Waals surface area contributed by atoms with E-state index in [2.05, 4.69) is 10.5 Å². The van der Waals surface area contributed by atoms with Gasteiger partial charge in [0.1, 0.15) is 5.75 Å². The molecule has 0 aliphatic heterocycles. The number of hydrogen-bond acceptors (Lipinski definition) is 8. The minimum atomic E-state index is -0.537. The van der Waals surface area contributed by atoms with E-state index in [0.29, 0.717) is 39.7 Å². The van der Waals surface area contributed by atoms with Crippen LogP contribution in [0.3, 0.4) is 0 Å². The van der Waals surface area contributed by atoms with E-state index in [0.717, 1.165) is 0 Å². The number of hydrogen-bond donors (Lipinski definition) is 1. The van der Waals surface area contributed by atoms with E-state index in [-0.39, 0.29) is 5.75 Å². The van der Waals surface area contributed by atoms with Crippen LogP contribution in [-0.4, -0.2) is 46.5 Å². The van der Waals surface area contributed by atoms with Gasteiger partial charge in [-0.2, -0.15) is 5.10 Å². The third-order valence-corrected chi connectivity index (χ3v) is 4.74. The summed E-state index contributed by atoms with van der Waals surface area (Å²) in [6.07, 6.45) is 1.44. The summed E-state index contributed by atoms with van der Waals surface area (Å²) in [5.74, 6) is 1.20. The highest BCUT2D eigenvalue weighted by Crippen LogP contribution is 2.29. The van der Waals surface area contributed by atoms with Gasteiger partial charge in [-0.1, -0.05) is 0 Å². The van der Waals surface area contributed by atoms with Crippen molar-refractivity contribution < 1.29 is 33.3 Å². The second-order valence-corrected chi connectivity index (χ2v) is 6.80. The summed E-state index contributed by atoms with van der Waals surface area (Å²) in [7, 11) is 6.01. The molecule has 1 N–H and O–H groups in total. The first-order valence-electron chi connectivity index (χ1n) is 10.1. The van der Waals surface area contributed by atoms with E-state index in [9.17, 15) is 9.59 Å². The fraction of sp³-hybridized carbons (Fsp3) is 0.160. The van der Waals surface area contributed by atoms with Crippen molar-refractivity contribution in [1.82, 2.24) is 5.43 Å². The Morgan fingerprint density at radius 3 is 1.97 bits per heavy atom. The third-order valence-electron chi connectivity index (χ3n) is 4.74. The molecule has 0 atom stereocenters. The van der Waals surface area contributed by atoms with Crippen LogP contribution in [0.1, 0.15) is 26.3 Å². The number of ether oxygens (including phenoxy) is 5. The van der Waals surface area contributed by atoms with Crippen molar-refractivity contribution in [3.8, 4) is 28.7 Å². The minimum absolute atomic E-state index is 0.245. The molecule has 1 amide bonds. The molecule has 3 rings (SSSR count). The molecule has 9 heteroatoms. The highest BCUT2D eigenvalue weighted by Gasteiger charge is 2.13. The number of benzene rings is 3. The molecule has 0 aliphatic rings. The first-order chi connectivity index (χ1) is 16.5. The van der Waals surface area contributed by atoms with Crippen molar-refractivity contribution in [2.24, 2.45) is 5.10 Å². The predicted octanol–water partition coefficient (Wildman–Crippen LogP) is 3.70. The Morgan fingerprint density at radius 1 is 0.706 bits per heavy atom. The quantitative estimate of drug-likeness (QED) is 0.223. The number of rotatable bonds is 9. The first kappa shape index (κ1) is 24.1. The van der Waals surface area contributed by atoms with Gasteiger partial charge >= 0.3 is 5.97 Å². The molecule has 0 bridgehead atoms. The summed E-state index contributed by atoms with van der Waals surface area (Å²) in [6.45, 7) is 0. The zero-order valence-electron chi connectivity index (χ0n) is 19.2. The number of methoxy groups -OCH3 is 4. The van der Waals surface area contributed by atoms with Crippen LogP contribution >= 0.6 is 0 Å². The predicted molar refractivity (Wildman–Crippen MR) is 126 cm³/mol. The zero-order chi connectivity index (χ0) is 24.5. The lowest BCUT2D eigenvalue weighted by molar-refractivity contribution is 0.0729. The normalized spacial score (nSPS) is 10.5. The van der Waals surface area contributed by atoms with Crippen LogP contribution in [0.5, 0.6) is 28.7 Å². The van der Waals surface area contributed by atoms with E-state index in [4.69, 9.17) is 23.7 Å². The van der Waals surface area contributed by atoms with E-state index >= 15 is 0 Å². The fourth-order valence-electron chi connectivity index (χ4n) is 2.94. The number of esters is 1. The molecule has 0 spiro atoms. The molecule has 3 aromatic rings. The van der Waals surface area contributed by atoms with Crippen LogP contribution in [0, 0.1) is 0 Å². The number of carbonyl (C=O) groups is 2. The molecule has 0 heterocycles. The van der Waals surface area contributed by atoms with Crippen LogP contribution in [0.15, 0.2) is 65.8 Å². The molecule has 3 aromatic carbocycles. The Labute approximate surface area is 196 Å². The number of amides is 1. The second kappa shape index (κ2) is 11.4. The maximum atomic E-state index is 12.4. The van der Waals surface area contributed by atoms with Gasteiger partial charge in [0.25, 0.3) is 5.91 Å². The van der Waals surface area contributed by atoms with Crippen molar-refractivity contribution in [2.45, 2.75) is 0 Å². The largest absolute Gasteiger partial charge is 0.497 e. The van der Waals surface area contributed by atoms with Crippen LogP contribution in [-0.2, 0) is 0 Å². The maximum absolute atomic E-state index is 12.4. The molecule has 0 radical (unpaired) electrons. The van der Waals surface area contributed by atoms with Crippen molar-refractivity contribution in [3.63, 3.8) is 0 Å². The summed E-state index contributed by atoms with van der Waals surface area (Å²) in [6, 6.07) is 16.2. The minimum Gasteiger partial charge on any atom is -0.497 e. The fourth-order valence-corrected chi connectivity index (χ4v) is 2.94. The monoisotopic (exact) mass is 464 g/mol. The molecule has 9 nitrogen and oxygen atoms in total. The Morgan fingerprint density at radius 2 is 1.32 bits per heavy atom. The molecule has 0 fully saturated rings. The summed E-state index contributed by atoms with van der Waals surface area (Å²) in [4.78, 5) is 24.8. The van der Waals surface area contributed by atoms with Gasteiger partial charge in [-0.3, -0.25) is 4.79 Å². The van der Waals surface area contributed by atoms with Crippen LogP contribution in [0.4, 0.5) is 0 Å². The Kier molecular flexibility index (Phi) is 8.07. The SMILES string of the molecule is COc1ccc(C(=O)Oc2ccc(C=NNC(=O)c3ccc(OC)c(OC)c3)cc2OC)cc1. The van der Waals surface area contributed by atoms with E-state index < -0.39 is 11.9 Å². The second-order valence-electron chi connectivity index (χ2n) is 6.80. The van der Waals surface area contributed by atoms with Gasteiger partial charge in [-0.05, 0) is 66.2 Å². The topological polar surface area (TPSA) is 105 Å².